The van der Waals surface area contributed by atoms with Gasteiger partial charge in [-0.1, -0.05) is 6.42 Å². The minimum Gasteiger partial charge on any atom is -0.396 e. The molecule has 5 nitrogen and oxygen atoms in total. The number of rotatable bonds is 7. The minimum absolute atomic E-state index is 0.225. The van der Waals surface area contributed by atoms with Crippen LogP contribution in [-0.4, -0.2) is 50.3 Å². The second kappa shape index (κ2) is 6.66. The molecule has 0 aliphatic heterocycles. The first-order valence-electron chi connectivity index (χ1n) is 6.25. The number of ether oxygens (including phenoxy) is 2. The van der Waals surface area contributed by atoms with Crippen LogP contribution in [0.15, 0.2) is 0 Å². The van der Waals surface area contributed by atoms with Crippen LogP contribution in [0, 0.1) is 5.92 Å². The first-order valence-corrected chi connectivity index (χ1v) is 6.25. The molecule has 1 saturated carbocycles. The maximum absolute atomic E-state index is 9.33. The smallest absolute Gasteiger partial charge is 0.175 e. The molecular weight excluding hydrogens is 220 g/mol. The Morgan fingerprint density at radius 3 is 2.53 bits per heavy atom. The van der Waals surface area contributed by atoms with Gasteiger partial charge in [0.2, 0.25) is 0 Å². The summed E-state index contributed by atoms with van der Waals surface area (Å²) in [6.07, 6.45) is 2.90. The van der Waals surface area contributed by atoms with Gasteiger partial charge in [0.15, 0.2) is 6.29 Å². The van der Waals surface area contributed by atoms with Crippen molar-refractivity contribution in [3.8, 4) is 0 Å². The average Bonchev–Trinajstić information content (AvgIpc) is 2.77. The molecule has 0 aromatic heterocycles. The van der Waals surface area contributed by atoms with E-state index in [9.17, 15) is 5.11 Å². The van der Waals surface area contributed by atoms with Crippen LogP contribution in [0.4, 0.5) is 0 Å². The van der Waals surface area contributed by atoms with Crippen molar-refractivity contribution in [2.45, 2.75) is 44.1 Å². The Morgan fingerprint density at radius 1 is 1.41 bits per heavy atom. The van der Waals surface area contributed by atoms with E-state index in [1.165, 1.54) is 0 Å². The van der Waals surface area contributed by atoms with Crippen molar-refractivity contribution in [1.29, 1.82) is 0 Å². The van der Waals surface area contributed by atoms with Gasteiger partial charge in [-0.15, -0.1) is 0 Å². The standard InChI is InChI=1S/C12H26N2O3/c1-12(8-13,11(16-2)17-3)14-10-6-4-5-9(10)7-15/h9-11,14-15H,4-8,13H2,1-3H3. The van der Waals surface area contributed by atoms with E-state index in [1.807, 2.05) is 6.92 Å². The predicted octanol–water partition coefficient (Wildman–Crippen LogP) is 0.0733. The molecule has 0 spiro atoms. The van der Waals surface area contributed by atoms with E-state index in [4.69, 9.17) is 15.2 Å². The lowest BCUT2D eigenvalue weighted by Crippen LogP contribution is -2.62. The molecule has 1 rings (SSSR count). The summed E-state index contributed by atoms with van der Waals surface area (Å²) in [5, 5.41) is 12.8. The molecule has 3 unspecified atom stereocenters. The van der Waals surface area contributed by atoms with Gasteiger partial charge >= 0.3 is 0 Å². The molecule has 17 heavy (non-hydrogen) atoms. The summed E-state index contributed by atoms with van der Waals surface area (Å²) in [6.45, 7) is 2.65. The lowest BCUT2D eigenvalue weighted by molar-refractivity contribution is -0.152. The summed E-state index contributed by atoms with van der Waals surface area (Å²) in [7, 11) is 3.23. The number of hydrogen-bond donors (Lipinski definition) is 3. The summed E-state index contributed by atoms with van der Waals surface area (Å²) in [5.41, 5.74) is 5.41. The molecular formula is C12H26N2O3. The van der Waals surface area contributed by atoms with Gasteiger partial charge < -0.3 is 25.6 Å². The second-order valence-electron chi connectivity index (χ2n) is 5.05. The van der Waals surface area contributed by atoms with E-state index < -0.39 is 5.54 Å². The summed E-state index contributed by atoms with van der Waals surface area (Å²) >= 11 is 0. The van der Waals surface area contributed by atoms with Crippen LogP contribution in [0.5, 0.6) is 0 Å². The van der Waals surface area contributed by atoms with E-state index in [1.54, 1.807) is 14.2 Å². The van der Waals surface area contributed by atoms with E-state index in [0.717, 1.165) is 19.3 Å². The molecule has 5 heteroatoms. The zero-order valence-corrected chi connectivity index (χ0v) is 11.1. The molecule has 0 amide bonds. The summed E-state index contributed by atoms with van der Waals surface area (Å²) in [6, 6.07) is 0.293. The van der Waals surface area contributed by atoms with Gasteiger partial charge in [-0.3, -0.25) is 0 Å². The van der Waals surface area contributed by atoms with Gasteiger partial charge in [-0.05, 0) is 25.7 Å². The van der Waals surface area contributed by atoms with Crippen LogP contribution < -0.4 is 11.1 Å². The van der Waals surface area contributed by atoms with Crippen LogP contribution >= 0.6 is 0 Å². The number of aliphatic hydroxyl groups excluding tert-OH is 1. The average molecular weight is 246 g/mol. The van der Waals surface area contributed by atoms with Crippen molar-refractivity contribution in [2.75, 3.05) is 27.4 Å². The Kier molecular flexibility index (Phi) is 5.82. The Labute approximate surface area is 104 Å². The number of methoxy groups -OCH3 is 2. The normalized spacial score (nSPS) is 28.6. The fourth-order valence-electron chi connectivity index (χ4n) is 2.71. The summed E-state index contributed by atoms with van der Waals surface area (Å²) < 4.78 is 10.6. The van der Waals surface area contributed by atoms with Gasteiger partial charge in [0.1, 0.15) is 0 Å². The first-order chi connectivity index (χ1) is 8.11. The number of nitrogens with one attached hydrogen (secondary N) is 1. The summed E-state index contributed by atoms with van der Waals surface area (Å²) in [5.74, 6) is 0.315. The largest absolute Gasteiger partial charge is 0.396 e. The third kappa shape index (κ3) is 3.39. The third-order valence-corrected chi connectivity index (χ3v) is 3.78. The highest BCUT2D eigenvalue weighted by Crippen LogP contribution is 2.28. The Hall–Kier alpha value is -0.200. The molecule has 0 heterocycles. The molecule has 0 aromatic rings. The quantitative estimate of drug-likeness (QED) is 0.554. The number of nitrogens with two attached hydrogens (primary N) is 1. The molecule has 4 N–H and O–H groups in total. The molecule has 0 bridgehead atoms. The predicted molar refractivity (Wildman–Crippen MR) is 66.6 cm³/mol. The summed E-state index contributed by atoms with van der Waals surface area (Å²) in [4.78, 5) is 0. The van der Waals surface area contributed by atoms with Gasteiger partial charge in [0.05, 0.1) is 5.54 Å². The highest BCUT2D eigenvalue weighted by atomic mass is 16.7. The second-order valence-corrected chi connectivity index (χ2v) is 5.05. The SMILES string of the molecule is COC(OC)C(C)(CN)NC1CCCC1CO. The lowest BCUT2D eigenvalue weighted by atomic mass is 9.96. The maximum atomic E-state index is 9.33. The molecule has 102 valence electrons. The molecule has 0 aromatic carbocycles. The van der Waals surface area contributed by atoms with E-state index >= 15 is 0 Å². The van der Waals surface area contributed by atoms with Gasteiger partial charge in [0.25, 0.3) is 0 Å². The molecule has 1 fully saturated rings. The van der Waals surface area contributed by atoms with Crippen LogP contribution in [0.2, 0.25) is 0 Å². The molecule has 3 atom stereocenters. The van der Waals surface area contributed by atoms with Crippen LogP contribution in [-0.2, 0) is 9.47 Å². The Bertz CT molecular complexity index is 224. The van der Waals surface area contributed by atoms with Crippen molar-refractivity contribution in [2.24, 2.45) is 11.7 Å². The zero-order valence-electron chi connectivity index (χ0n) is 11.1. The van der Waals surface area contributed by atoms with Crippen molar-refractivity contribution in [3.05, 3.63) is 0 Å². The van der Waals surface area contributed by atoms with Crippen molar-refractivity contribution in [1.82, 2.24) is 5.32 Å². The van der Waals surface area contributed by atoms with Crippen LogP contribution in [0.3, 0.4) is 0 Å². The fraction of sp³-hybridized carbons (Fsp3) is 1.00. The molecule has 1 aliphatic rings. The van der Waals surface area contributed by atoms with Crippen molar-refractivity contribution >= 4 is 0 Å². The van der Waals surface area contributed by atoms with Crippen molar-refractivity contribution < 1.29 is 14.6 Å². The van der Waals surface area contributed by atoms with Gasteiger partial charge in [0, 0.05) is 33.4 Å². The molecule has 0 saturated heterocycles. The van der Waals surface area contributed by atoms with Crippen LogP contribution in [0.25, 0.3) is 0 Å². The fourth-order valence-corrected chi connectivity index (χ4v) is 2.71. The van der Waals surface area contributed by atoms with Gasteiger partial charge in [-0.2, -0.15) is 0 Å². The minimum atomic E-state index is -0.425. The highest BCUT2D eigenvalue weighted by Gasteiger charge is 2.38. The first kappa shape index (κ1) is 14.9. The zero-order chi connectivity index (χ0) is 12.9. The van der Waals surface area contributed by atoms with Crippen LogP contribution in [0.1, 0.15) is 26.2 Å². The van der Waals surface area contributed by atoms with E-state index in [-0.39, 0.29) is 12.9 Å². The highest BCUT2D eigenvalue weighted by molar-refractivity contribution is 4.95. The van der Waals surface area contributed by atoms with Gasteiger partial charge in [-0.25, -0.2) is 0 Å². The third-order valence-electron chi connectivity index (χ3n) is 3.78. The number of hydrogen-bond acceptors (Lipinski definition) is 5. The Morgan fingerprint density at radius 2 is 2.06 bits per heavy atom. The molecule has 0 radical (unpaired) electrons. The Balaban J connectivity index is 2.67. The van der Waals surface area contributed by atoms with E-state index in [2.05, 4.69) is 5.32 Å². The lowest BCUT2D eigenvalue weighted by Gasteiger charge is -2.39. The molecule has 1 aliphatic carbocycles. The van der Waals surface area contributed by atoms with Crippen molar-refractivity contribution in [3.63, 3.8) is 0 Å². The maximum Gasteiger partial charge on any atom is 0.175 e. The van der Waals surface area contributed by atoms with E-state index in [0.29, 0.717) is 18.5 Å². The topological polar surface area (TPSA) is 76.7 Å². The number of aliphatic hydroxyl groups is 1. The monoisotopic (exact) mass is 246 g/mol.